The van der Waals surface area contributed by atoms with Crippen LogP contribution in [0.3, 0.4) is 0 Å². The van der Waals surface area contributed by atoms with E-state index < -0.39 is 79.0 Å². The van der Waals surface area contributed by atoms with E-state index in [0.29, 0.717) is 0 Å². The summed E-state index contributed by atoms with van der Waals surface area (Å²) in [6.07, 6.45) is -0.377. The molecule has 0 atom stereocenters. The molecule has 7 rings (SSSR count). The highest BCUT2D eigenvalue weighted by Crippen LogP contribution is 2.44. The molecule has 2 amide bonds. The number of anilines is 1. The van der Waals surface area contributed by atoms with Crippen LogP contribution in [0.25, 0.3) is 33.4 Å². The molecule has 16 heteroatoms. The van der Waals surface area contributed by atoms with Gasteiger partial charge < -0.3 is 19.3 Å². The van der Waals surface area contributed by atoms with Crippen molar-refractivity contribution >= 4 is 40.4 Å². The molecule has 2 aromatic rings. The normalized spacial score (nSPS) is 18.5. The molecule has 3 saturated heterocycles. The number of nitrogens with zero attached hydrogens (tertiary/aromatic N) is 3. The smallest absolute Gasteiger partial charge is 0.363 e. The summed E-state index contributed by atoms with van der Waals surface area (Å²) < 4.78 is 92.7. The largest absolute Gasteiger partial charge is 0.478 e. The van der Waals surface area contributed by atoms with Crippen molar-refractivity contribution in [2.75, 3.05) is 31.1 Å². The fourth-order valence-corrected chi connectivity index (χ4v) is 5.91. The van der Waals surface area contributed by atoms with Gasteiger partial charge in [0.05, 0.1) is 36.0 Å². The van der Waals surface area contributed by atoms with E-state index in [-0.39, 0.29) is 67.9 Å². The zero-order chi connectivity index (χ0) is 33.6. The molecule has 1 N–H and O–H groups in total. The Balaban J connectivity index is 1.47. The molecule has 0 saturated carbocycles. The molecule has 0 unspecified atom stereocenters. The van der Waals surface area contributed by atoms with Crippen LogP contribution in [0.4, 0.5) is 32.0 Å². The van der Waals surface area contributed by atoms with Gasteiger partial charge in [-0.2, -0.15) is 13.2 Å². The molecular weight excluding hydrogens is 640 g/mol. The average Bonchev–Trinajstić information content (AvgIpc) is 3.29. The van der Waals surface area contributed by atoms with E-state index in [1.54, 1.807) is 0 Å². The van der Waals surface area contributed by atoms with Crippen LogP contribution in [-0.2, 0) is 14.4 Å². The second-order valence-corrected chi connectivity index (χ2v) is 11.5. The zero-order valence-electron chi connectivity index (χ0n) is 23.8. The minimum atomic E-state index is -3.06. The van der Waals surface area contributed by atoms with Gasteiger partial charge in [-0.3, -0.25) is 9.59 Å². The number of fused-ring (bicyclic) bond motifs is 2. The topological polar surface area (TPSA) is 120 Å². The van der Waals surface area contributed by atoms with Gasteiger partial charge in [-0.15, -0.1) is 5.06 Å². The van der Waals surface area contributed by atoms with Crippen molar-refractivity contribution in [2.45, 2.75) is 24.7 Å². The number of amides is 2. The van der Waals surface area contributed by atoms with E-state index in [2.05, 4.69) is 0 Å². The Bertz CT molecular complexity index is 2090. The maximum atomic E-state index is 15.5. The van der Waals surface area contributed by atoms with Gasteiger partial charge in [-0.25, -0.2) is 27.3 Å². The fraction of sp³-hybridized carbons (Fsp3) is 0.258. The summed E-state index contributed by atoms with van der Waals surface area (Å²) in [5.41, 5.74) is -1.82. The maximum Gasteiger partial charge on any atom is 0.363 e. The molecule has 1 aliphatic carbocycles. The minimum Gasteiger partial charge on any atom is -0.478 e. The molecule has 0 spiro atoms. The number of halogens is 6. The Hall–Kier alpha value is -5.41. The van der Waals surface area contributed by atoms with Crippen LogP contribution < -0.4 is 14.8 Å². The van der Waals surface area contributed by atoms with E-state index in [1.807, 2.05) is 0 Å². The van der Waals surface area contributed by atoms with Crippen molar-refractivity contribution in [1.29, 1.82) is 0 Å². The first-order chi connectivity index (χ1) is 22.1. The van der Waals surface area contributed by atoms with Crippen molar-refractivity contribution in [2.24, 2.45) is 0 Å². The number of hydrogen-bond donors (Lipinski definition) is 1. The van der Waals surface area contributed by atoms with Crippen LogP contribution >= 0.6 is 0 Å². The molecule has 3 fully saturated rings. The van der Waals surface area contributed by atoms with Crippen LogP contribution in [0.5, 0.6) is 0 Å². The molecule has 0 bridgehead atoms. The molecule has 0 aromatic heterocycles. The highest BCUT2D eigenvalue weighted by Gasteiger charge is 2.50. The van der Waals surface area contributed by atoms with Crippen LogP contribution in [0.15, 0.2) is 46.9 Å². The molecular formula is C31H20F6N3O7+. The van der Waals surface area contributed by atoms with Gasteiger partial charge in [0.2, 0.25) is 18.4 Å². The Kier molecular flexibility index (Phi) is 6.63. The molecule has 242 valence electrons. The zero-order valence-corrected chi connectivity index (χ0v) is 23.8. The van der Waals surface area contributed by atoms with Crippen LogP contribution in [0.1, 0.15) is 33.6 Å². The van der Waals surface area contributed by atoms with Crippen LogP contribution in [0, 0.1) is 11.6 Å². The van der Waals surface area contributed by atoms with Gasteiger partial charge in [0.25, 0.3) is 17.7 Å². The Labute approximate surface area is 258 Å². The maximum absolute atomic E-state index is 15.5. The van der Waals surface area contributed by atoms with Crippen molar-refractivity contribution in [3.05, 3.63) is 70.6 Å². The lowest BCUT2D eigenvalue weighted by Gasteiger charge is -2.40. The summed E-state index contributed by atoms with van der Waals surface area (Å²) in [6.45, 7) is -3.15. The number of imide groups is 1. The fourth-order valence-electron chi connectivity index (χ4n) is 5.91. The number of carboxylic acid groups (broad SMARTS) is 1. The summed E-state index contributed by atoms with van der Waals surface area (Å²) in [7, 11) is 0. The first kappa shape index (κ1) is 30.3. The molecule has 10 nitrogen and oxygen atoms in total. The van der Waals surface area contributed by atoms with Gasteiger partial charge in [0, 0.05) is 35.4 Å². The third kappa shape index (κ3) is 5.13. The second-order valence-electron chi connectivity index (χ2n) is 11.5. The third-order valence-corrected chi connectivity index (χ3v) is 8.16. The second kappa shape index (κ2) is 10.3. The molecule has 4 heterocycles. The average molecular weight is 661 g/mol. The number of hydrogen-bond acceptors (Lipinski definition) is 7. The predicted molar refractivity (Wildman–Crippen MR) is 149 cm³/mol. The van der Waals surface area contributed by atoms with Crippen molar-refractivity contribution in [3.63, 3.8) is 0 Å². The Morgan fingerprint density at radius 1 is 0.872 bits per heavy atom. The Morgan fingerprint density at radius 2 is 1.55 bits per heavy atom. The number of carboxylic acids is 1. The van der Waals surface area contributed by atoms with Gasteiger partial charge in [0.1, 0.15) is 17.2 Å². The number of carbonyl (C=O) groups is 4. The molecule has 4 aliphatic heterocycles. The lowest BCUT2D eigenvalue weighted by Crippen LogP contribution is -2.58. The standard InChI is InChI=1S/C31H19F6N3O7/c32-19-6-17-23(8-21(19)38-10-30(34,35)11-38)46-24-9-22(39-12-31(36,37)13-39)20(33)7-18(24)27(17)16-5-14(1-2-15(16)28(43)44)29(45)47-40-25(41)3-4-26(40)42/h1-2,5-9H,3-4,10-13H2/p+1. The molecule has 2 aromatic carbocycles. The summed E-state index contributed by atoms with van der Waals surface area (Å²) in [6, 6.07) is 7.06. The first-order valence-corrected chi connectivity index (χ1v) is 14.0. The highest BCUT2D eigenvalue weighted by atomic mass is 19.3. The van der Waals surface area contributed by atoms with Crippen molar-refractivity contribution in [1.82, 2.24) is 9.64 Å². The number of alkyl halides is 4. The lowest BCUT2D eigenvalue weighted by atomic mass is 9.89. The van der Waals surface area contributed by atoms with Gasteiger partial charge in [0.15, 0.2) is 5.82 Å². The van der Waals surface area contributed by atoms with Gasteiger partial charge in [-0.05, 0) is 35.9 Å². The monoisotopic (exact) mass is 660 g/mol. The van der Waals surface area contributed by atoms with E-state index in [9.17, 15) is 41.8 Å². The SMILES string of the molecule is O=C(ON1C(=O)CCC1=O)c1ccc(C(=O)O)c(-c2c3cc(F)c(=[N+]4CC(F)(F)C4)cc-3oc3cc(N4CC(F)(F)C4)c(F)cc23)c1. The van der Waals surface area contributed by atoms with E-state index >= 15 is 8.78 Å². The minimum absolute atomic E-state index is 0.147. The lowest BCUT2D eigenvalue weighted by molar-refractivity contribution is -0.172. The summed E-state index contributed by atoms with van der Waals surface area (Å²) in [5, 5.41) is 9.95. The summed E-state index contributed by atoms with van der Waals surface area (Å²) >= 11 is 0. The number of benzene rings is 3. The van der Waals surface area contributed by atoms with E-state index in [4.69, 9.17) is 9.25 Å². The number of aromatic carboxylic acids is 1. The highest BCUT2D eigenvalue weighted by molar-refractivity contribution is 6.09. The van der Waals surface area contributed by atoms with E-state index in [0.717, 1.165) is 51.9 Å². The number of hydroxylamine groups is 2. The van der Waals surface area contributed by atoms with Gasteiger partial charge >= 0.3 is 17.9 Å². The molecule has 5 aliphatic rings. The summed E-state index contributed by atoms with van der Waals surface area (Å²) in [5.74, 6) is -12.6. The quantitative estimate of drug-likeness (QED) is 0.146. The number of rotatable bonds is 5. The summed E-state index contributed by atoms with van der Waals surface area (Å²) in [4.78, 5) is 55.4. The van der Waals surface area contributed by atoms with Crippen molar-refractivity contribution in [3.8, 4) is 22.5 Å². The van der Waals surface area contributed by atoms with Gasteiger partial charge in [-0.1, -0.05) is 0 Å². The predicted octanol–water partition coefficient (Wildman–Crippen LogP) is 4.28. The molecule has 47 heavy (non-hydrogen) atoms. The Morgan fingerprint density at radius 3 is 2.17 bits per heavy atom. The third-order valence-electron chi connectivity index (χ3n) is 8.16. The van der Waals surface area contributed by atoms with E-state index in [1.165, 1.54) is 0 Å². The van der Waals surface area contributed by atoms with Crippen molar-refractivity contribution < 1.29 is 59.9 Å². The number of carbonyl (C=O) groups excluding carboxylic acids is 3. The van der Waals surface area contributed by atoms with Crippen LogP contribution in [-0.4, -0.2) is 71.9 Å². The molecule has 0 radical (unpaired) electrons. The van der Waals surface area contributed by atoms with Crippen LogP contribution in [0.2, 0.25) is 0 Å². The first-order valence-electron chi connectivity index (χ1n) is 14.0.